The second-order valence-corrected chi connectivity index (χ2v) is 5.95. The van der Waals surface area contributed by atoms with E-state index in [4.69, 9.17) is 4.74 Å². The highest BCUT2D eigenvalue weighted by Crippen LogP contribution is 2.17. The Kier molecular flexibility index (Phi) is 5.33. The van der Waals surface area contributed by atoms with Crippen molar-refractivity contribution in [3.8, 4) is 5.75 Å². The molecule has 0 aliphatic rings. The van der Waals surface area contributed by atoms with Crippen molar-refractivity contribution in [3.05, 3.63) is 52.2 Å². The van der Waals surface area contributed by atoms with E-state index in [0.717, 1.165) is 5.56 Å². The highest BCUT2D eigenvalue weighted by Gasteiger charge is 2.19. The summed E-state index contributed by atoms with van der Waals surface area (Å²) in [4.78, 5) is 25.3. The van der Waals surface area contributed by atoms with Crippen molar-refractivity contribution in [3.63, 3.8) is 0 Å². The van der Waals surface area contributed by atoms with Gasteiger partial charge in [0.25, 0.3) is 5.91 Å². The molecule has 1 amide bonds. The first-order valence-corrected chi connectivity index (χ1v) is 7.95. The Labute approximate surface area is 134 Å². The third kappa shape index (κ3) is 4.18. The molecular weight excluding hydrogens is 298 g/mol. The number of benzene rings is 1. The van der Waals surface area contributed by atoms with Crippen LogP contribution in [-0.2, 0) is 11.3 Å². The van der Waals surface area contributed by atoms with E-state index in [1.54, 1.807) is 54.5 Å². The molecule has 1 aromatic heterocycles. The average Bonchev–Trinajstić information content (AvgIpc) is 2.99. The van der Waals surface area contributed by atoms with Crippen LogP contribution in [0.3, 0.4) is 0 Å². The number of thiophene rings is 1. The van der Waals surface area contributed by atoms with Gasteiger partial charge in [-0.1, -0.05) is 12.1 Å². The van der Waals surface area contributed by atoms with Crippen LogP contribution in [0, 0.1) is 0 Å². The zero-order valence-corrected chi connectivity index (χ0v) is 13.7. The molecule has 2 aromatic rings. The van der Waals surface area contributed by atoms with Gasteiger partial charge in [0.15, 0.2) is 11.9 Å². The van der Waals surface area contributed by atoms with Crippen molar-refractivity contribution in [1.82, 2.24) is 4.90 Å². The van der Waals surface area contributed by atoms with E-state index in [1.807, 2.05) is 16.8 Å². The molecule has 1 heterocycles. The van der Waals surface area contributed by atoms with E-state index >= 15 is 0 Å². The van der Waals surface area contributed by atoms with E-state index < -0.39 is 6.10 Å². The molecular formula is C17H19NO3S. The summed E-state index contributed by atoms with van der Waals surface area (Å²) >= 11 is 1.61. The zero-order chi connectivity index (χ0) is 16.1. The fraction of sp³-hybridized carbons (Fsp3) is 0.294. The molecule has 2 rings (SSSR count). The van der Waals surface area contributed by atoms with Gasteiger partial charge in [-0.2, -0.15) is 11.3 Å². The molecule has 0 saturated carbocycles. The number of carbonyl (C=O) groups excluding carboxylic acids is 2. The maximum absolute atomic E-state index is 12.3. The molecule has 0 bridgehead atoms. The van der Waals surface area contributed by atoms with Crippen LogP contribution in [0.25, 0.3) is 0 Å². The van der Waals surface area contributed by atoms with E-state index in [1.165, 1.54) is 6.92 Å². The molecule has 1 aromatic carbocycles. The molecule has 0 spiro atoms. The molecule has 116 valence electrons. The van der Waals surface area contributed by atoms with Gasteiger partial charge in [-0.15, -0.1) is 0 Å². The van der Waals surface area contributed by atoms with Gasteiger partial charge in [0.1, 0.15) is 5.75 Å². The van der Waals surface area contributed by atoms with Gasteiger partial charge >= 0.3 is 0 Å². The lowest BCUT2D eigenvalue weighted by Gasteiger charge is -2.22. The van der Waals surface area contributed by atoms with Crippen LogP contribution in [0.4, 0.5) is 0 Å². The zero-order valence-electron chi connectivity index (χ0n) is 12.9. The van der Waals surface area contributed by atoms with Crippen LogP contribution < -0.4 is 4.74 Å². The first-order chi connectivity index (χ1) is 10.5. The number of nitrogens with zero attached hydrogens (tertiary/aromatic N) is 1. The molecule has 1 atom stereocenters. The standard InChI is InChI=1S/C17H19NO3S/c1-12(19)15-5-4-6-16(9-15)21-13(2)17(20)18(3)10-14-7-8-22-11-14/h4-9,11,13H,10H2,1-3H3. The summed E-state index contributed by atoms with van der Waals surface area (Å²) in [7, 11) is 1.76. The first kappa shape index (κ1) is 16.2. The molecule has 0 saturated heterocycles. The van der Waals surface area contributed by atoms with Gasteiger partial charge in [0.2, 0.25) is 0 Å². The number of amides is 1. The molecule has 1 unspecified atom stereocenters. The smallest absolute Gasteiger partial charge is 0.263 e. The third-order valence-corrected chi connectivity index (χ3v) is 4.01. The minimum Gasteiger partial charge on any atom is -0.481 e. The second kappa shape index (κ2) is 7.22. The number of ketones is 1. The number of carbonyl (C=O) groups is 2. The fourth-order valence-corrected chi connectivity index (χ4v) is 2.75. The maximum atomic E-state index is 12.3. The Morgan fingerprint density at radius 3 is 2.73 bits per heavy atom. The van der Waals surface area contributed by atoms with Gasteiger partial charge in [-0.3, -0.25) is 9.59 Å². The summed E-state index contributed by atoms with van der Waals surface area (Å²) in [5.74, 6) is 0.399. The van der Waals surface area contributed by atoms with Crippen LogP contribution in [0.5, 0.6) is 5.75 Å². The number of hydrogen-bond donors (Lipinski definition) is 0. The maximum Gasteiger partial charge on any atom is 0.263 e. The predicted molar refractivity (Wildman–Crippen MR) is 87.3 cm³/mol. The van der Waals surface area contributed by atoms with Crippen molar-refractivity contribution in [1.29, 1.82) is 0 Å². The van der Waals surface area contributed by atoms with E-state index in [2.05, 4.69) is 0 Å². The minimum absolute atomic E-state index is 0.0287. The molecule has 0 N–H and O–H groups in total. The van der Waals surface area contributed by atoms with Crippen LogP contribution in [0.15, 0.2) is 41.1 Å². The Bertz CT molecular complexity index is 652. The predicted octanol–water partition coefficient (Wildman–Crippen LogP) is 3.38. The molecule has 0 aliphatic carbocycles. The quantitative estimate of drug-likeness (QED) is 0.767. The van der Waals surface area contributed by atoms with Gasteiger partial charge in [0, 0.05) is 19.2 Å². The Morgan fingerprint density at radius 2 is 2.09 bits per heavy atom. The molecule has 4 nitrogen and oxygen atoms in total. The van der Waals surface area contributed by atoms with E-state index in [-0.39, 0.29) is 11.7 Å². The fourth-order valence-electron chi connectivity index (χ4n) is 2.09. The van der Waals surface area contributed by atoms with E-state index in [9.17, 15) is 9.59 Å². The van der Waals surface area contributed by atoms with Crippen molar-refractivity contribution >= 4 is 23.0 Å². The van der Waals surface area contributed by atoms with Gasteiger partial charge in [-0.05, 0) is 48.4 Å². The number of likely N-dealkylation sites (N-methyl/N-ethyl adjacent to an activating group) is 1. The van der Waals surface area contributed by atoms with Crippen molar-refractivity contribution in [2.24, 2.45) is 0 Å². The summed E-state index contributed by atoms with van der Waals surface area (Å²) in [5.41, 5.74) is 1.68. The largest absolute Gasteiger partial charge is 0.481 e. The van der Waals surface area contributed by atoms with Crippen molar-refractivity contribution < 1.29 is 14.3 Å². The van der Waals surface area contributed by atoms with Crippen molar-refractivity contribution in [2.45, 2.75) is 26.5 Å². The van der Waals surface area contributed by atoms with Crippen LogP contribution in [0.2, 0.25) is 0 Å². The first-order valence-electron chi connectivity index (χ1n) is 7.01. The lowest BCUT2D eigenvalue weighted by Crippen LogP contribution is -2.37. The molecule has 0 aliphatic heterocycles. The van der Waals surface area contributed by atoms with Gasteiger partial charge in [0.05, 0.1) is 0 Å². The summed E-state index contributed by atoms with van der Waals surface area (Å²) < 4.78 is 5.67. The van der Waals surface area contributed by atoms with Crippen LogP contribution >= 0.6 is 11.3 Å². The molecule has 5 heteroatoms. The van der Waals surface area contributed by atoms with Crippen LogP contribution in [-0.4, -0.2) is 29.7 Å². The monoisotopic (exact) mass is 317 g/mol. The Morgan fingerprint density at radius 1 is 1.32 bits per heavy atom. The number of ether oxygens (including phenoxy) is 1. The van der Waals surface area contributed by atoms with Gasteiger partial charge < -0.3 is 9.64 Å². The highest BCUT2D eigenvalue weighted by molar-refractivity contribution is 7.07. The molecule has 0 fully saturated rings. The third-order valence-electron chi connectivity index (χ3n) is 3.28. The summed E-state index contributed by atoms with van der Waals surface area (Å²) in [5, 5.41) is 4.01. The normalized spacial score (nSPS) is 11.8. The number of Topliss-reactive ketones (excluding diaryl/α,β-unsaturated/α-hetero) is 1. The number of hydrogen-bond acceptors (Lipinski definition) is 4. The topological polar surface area (TPSA) is 46.6 Å². The lowest BCUT2D eigenvalue weighted by atomic mass is 10.1. The SMILES string of the molecule is CC(=O)c1cccc(OC(C)C(=O)N(C)Cc2ccsc2)c1. The molecule has 0 radical (unpaired) electrons. The minimum atomic E-state index is -0.606. The summed E-state index contributed by atoms with van der Waals surface area (Å²) in [6.45, 7) is 3.78. The van der Waals surface area contributed by atoms with Gasteiger partial charge in [-0.25, -0.2) is 0 Å². The average molecular weight is 317 g/mol. The van der Waals surface area contributed by atoms with Crippen LogP contribution in [0.1, 0.15) is 29.8 Å². The summed E-state index contributed by atoms with van der Waals surface area (Å²) in [6, 6.07) is 8.87. The van der Waals surface area contributed by atoms with Crippen molar-refractivity contribution in [2.75, 3.05) is 7.05 Å². The Balaban J connectivity index is 1.98. The number of rotatable bonds is 6. The molecule has 22 heavy (non-hydrogen) atoms. The lowest BCUT2D eigenvalue weighted by molar-refractivity contribution is -0.137. The Hall–Kier alpha value is -2.14. The summed E-state index contributed by atoms with van der Waals surface area (Å²) in [6.07, 6.45) is -0.606. The second-order valence-electron chi connectivity index (χ2n) is 5.17. The highest BCUT2D eigenvalue weighted by atomic mass is 32.1. The van der Waals surface area contributed by atoms with E-state index in [0.29, 0.717) is 17.9 Å².